The lowest BCUT2D eigenvalue weighted by molar-refractivity contribution is -0.128. The lowest BCUT2D eigenvalue weighted by Gasteiger charge is -2.24. The Kier molecular flexibility index (Phi) is 3.87. The summed E-state index contributed by atoms with van der Waals surface area (Å²) in [5.41, 5.74) is -1.13. The van der Waals surface area contributed by atoms with E-state index in [4.69, 9.17) is 16.3 Å². The molecule has 2 heterocycles. The van der Waals surface area contributed by atoms with E-state index in [0.29, 0.717) is 16.5 Å². The fourth-order valence-electron chi connectivity index (χ4n) is 1.91. The molecule has 0 aliphatic heterocycles. The number of ether oxygens (including phenoxy) is 1. The van der Waals surface area contributed by atoms with Gasteiger partial charge in [0.1, 0.15) is 5.75 Å². The molecule has 7 nitrogen and oxygen atoms in total. The van der Waals surface area contributed by atoms with Gasteiger partial charge in [0.25, 0.3) is 17.6 Å². The lowest BCUT2D eigenvalue weighted by Crippen LogP contribution is -2.42. The third-order valence-electron chi connectivity index (χ3n) is 3.06. The van der Waals surface area contributed by atoms with Crippen LogP contribution in [0.4, 0.5) is 5.95 Å². The number of fused-ring (bicyclic) bond motifs is 1. The van der Waals surface area contributed by atoms with Crippen LogP contribution in [-0.4, -0.2) is 31.1 Å². The second-order valence-corrected chi connectivity index (χ2v) is 5.76. The lowest BCUT2D eigenvalue weighted by atomic mass is 10.1. The molecule has 0 fully saturated rings. The number of nitrogens with zero attached hydrogens (tertiary/aromatic N) is 4. The largest absolute Gasteiger partial charge is 0.478 e. The summed E-state index contributed by atoms with van der Waals surface area (Å²) in [6.07, 6.45) is 3.29. The molecule has 0 radical (unpaired) electrons. The van der Waals surface area contributed by atoms with Crippen molar-refractivity contribution in [2.75, 3.05) is 5.32 Å². The number of benzene rings is 1. The molecule has 8 heteroatoms. The predicted octanol–water partition coefficient (Wildman–Crippen LogP) is 2.57. The molecule has 0 bridgehead atoms. The number of nitrogens with one attached hydrogen (secondary N) is 1. The van der Waals surface area contributed by atoms with E-state index in [1.54, 1.807) is 56.6 Å². The number of hydrogen-bond donors (Lipinski definition) is 1. The van der Waals surface area contributed by atoms with Crippen molar-refractivity contribution < 1.29 is 9.53 Å². The van der Waals surface area contributed by atoms with Gasteiger partial charge in [0.05, 0.1) is 0 Å². The highest BCUT2D eigenvalue weighted by molar-refractivity contribution is 6.30. The first-order valence-electron chi connectivity index (χ1n) is 6.87. The Bertz CT molecular complexity index is 829. The van der Waals surface area contributed by atoms with E-state index in [1.165, 1.54) is 4.52 Å². The third kappa shape index (κ3) is 3.40. The quantitative estimate of drug-likeness (QED) is 0.794. The number of carbonyl (C=O) groups excluding carboxylic acids is 1. The van der Waals surface area contributed by atoms with Crippen molar-refractivity contribution in [3.05, 3.63) is 47.7 Å². The second-order valence-electron chi connectivity index (χ2n) is 5.32. The monoisotopic (exact) mass is 331 g/mol. The maximum Gasteiger partial charge on any atom is 0.270 e. The topological polar surface area (TPSA) is 81.4 Å². The molecule has 0 aliphatic rings. The molecular weight excluding hydrogens is 318 g/mol. The van der Waals surface area contributed by atoms with Crippen molar-refractivity contribution >= 4 is 29.2 Å². The molecule has 1 amide bonds. The first-order chi connectivity index (χ1) is 10.9. The van der Waals surface area contributed by atoms with Crippen molar-refractivity contribution in [3.63, 3.8) is 0 Å². The van der Waals surface area contributed by atoms with Gasteiger partial charge in [0.15, 0.2) is 5.60 Å². The summed E-state index contributed by atoms with van der Waals surface area (Å²) >= 11 is 5.92. The van der Waals surface area contributed by atoms with Gasteiger partial charge in [-0.05, 0) is 38.1 Å². The summed E-state index contributed by atoms with van der Waals surface area (Å²) in [4.78, 5) is 20.6. The molecule has 0 aliphatic carbocycles. The van der Waals surface area contributed by atoms with Crippen LogP contribution in [-0.2, 0) is 4.79 Å². The van der Waals surface area contributed by atoms with Crippen molar-refractivity contribution in [3.8, 4) is 5.75 Å². The molecule has 23 heavy (non-hydrogen) atoms. The summed E-state index contributed by atoms with van der Waals surface area (Å²) < 4.78 is 7.19. The van der Waals surface area contributed by atoms with Crippen LogP contribution in [0.25, 0.3) is 5.78 Å². The molecule has 0 saturated carbocycles. The SMILES string of the molecule is CC(C)(Oc1cccc(Cl)c1)C(=O)Nc1nc2ncccn2n1. The number of halogens is 1. The maximum absolute atomic E-state index is 12.4. The number of hydrogen-bond acceptors (Lipinski definition) is 5. The zero-order valence-corrected chi connectivity index (χ0v) is 13.3. The fraction of sp³-hybridized carbons (Fsp3) is 0.200. The van der Waals surface area contributed by atoms with E-state index < -0.39 is 5.60 Å². The number of anilines is 1. The molecule has 0 unspecified atom stereocenters. The summed E-state index contributed by atoms with van der Waals surface area (Å²) in [6, 6.07) is 8.58. The number of amides is 1. The van der Waals surface area contributed by atoms with Crippen molar-refractivity contribution in [1.29, 1.82) is 0 Å². The van der Waals surface area contributed by atoms with Gasteiger partial charge in [-0.25, -0.2) is 9.50 Å². The van der Waals surface area contributed by atoms with Gasteiger partial charge in [0.2, 0.25) is 0 Å². The minimum absolute atomic E-state index is 0.163. The standard InChI is InChI=1S/C15H14ClN5O2/c1-15(2,23-11-6-3-5-10(16)9-11)12(22)18-13-19-14-17-7-4-8-21(14)20-13/h3-9H,1-2H3,(H,18,20,22). The molecular formula is C15H14ClN5O2. The minimum atomic E-state index is -1.13. The highest BCUT2D eigenvalue weighted by Crippen LogP contribution is 2.22. The molecule has 3 rings (SSSR count). The van der Waals surface area contributed by atoms with Crippen LogP contribution in [0.5, 0.6) is 5.75 Å². The van der Waals surface area contributed by atoms with Crippen LogP contribution in [0, 0.1) is 0 Å². The zero-order chi connectivity index (χ0) is 16.4. The summed E-state index contributed by atoms with van der Waals surface area (Å²) in [5.74, 6) is 0.684. The van der Waals surface area contributed by atoms with Crippen LogP contribution >= 0.6 is 11.6 Å². The molecule has 2 aromatic heterocycles. The van der Waals surface area contributed by atoms with Crippen LogP contribution < -0.4 is 10.1 Å². The molecule has 0 spiro atoms. The van der Waals surface area contributed by atoms with Crippen molar-refractivity contribution in [2.45, 2.75) is 19.4 Å². The summed E-state index contributed by atoms with van der Waals surface area (Å²) in [7, 11) is 0. The average Bonchev–Trinajstić information content (AvgIpc) is 2.88. The van der Waals surface area contributed by atoms with E-state index in [9.17, 15) is 4.79 Å². The minimum Gasteiger partial charge on any atom is -0.478 e. The Morgan fingerprint density at radius 1 is 1.35 bits per heavy atom. The van der Waals surface area contributed by atoms with E-state index in [2.05, 4.69) is 20.4 Å². The van der Waals surface area contributed by atoms with Crippen molar-refractivity contribution in [1.82, 2.24) is 19.6 Å². The van der Waals surface area contributed by atoms with Gasteiger partial charge in [-0.1, -0.05) is 17.7 Å². The Morgan fingerprint density at radius 2 is 2.17 bits per heavy atom. The van der Waals surface area contributed by atoms with E-state index in [0.717, 1.165) is 0 Å². The van der Waals surface area contributed by atoms with Gasteiger partial charge in [-0.15, -0.1) is 5.10 Å². The third-order valence-corrected chi connectivity index (χ3v) is 3.29. The fourth-order valence-corrected chi connectivity index (χ4v) is 2.09. The van der Waals surface area contributed by atoms with Crippen LogP contribution in [0.15, 0.2) is 42.7 Å². The van der Waals surface area contributed by atoms with E-state index in [1.807, 2.05) is 0 Å². The summed E-state index contributed by atoms with van der Waals surface area (Å²) in [5, 5.41) is 7.28. The Balaban J connectivity index is 1.75. The average molecular weight is 332 g/mol. The molecule has 3 aromatic rings. The molecule has 118 valence electrons. The van der Waals surface area contributed by atoms with Gasteiger partial charge in [-0.2, -0.15) is 4.98 Å². The molecule has 1 aromatic carbocycles. The number of aromatic nitrogens is 4. The number of carbonyl (C=O) groups is 1. The highest BCUT2D eigenvalue weighted by atomic mass is 35.5. The van der Waals surface area contributed by atoms with Crippen LogP contribution in [0.2, 0.25) is 5.02 Å². The Morgan fingerprint density at radius 3 is 2.91 bits per heavy atom. The first-order valence-corrected chi connectivity index (χ1v) is 7.25. The van der Waals surface area contributed by atoms with Gasteiger partial charge >= 0.3 is 0 Å². The zero-order valence-electron chi connectivity index (χ0n) is 12.5. The Hall–Kier alpha value is -2.67. The normalized spacial score (nSPS) is 11.4. The van der Waals surface area contributed by atoms with E-state index in [-0.39, 0.29) is 11.9 Å². The number of rotatable bonds is 4. The predicted molar refractivity (Wildman–Crippen MR) is 85.6 cm³/mol. The van der Waals surface area contributed by atoms with Gasteiger partial charge in [-0.3, -0.25) is 10.1 Å². The molecule has 0 atom stereocenters. The van der Waals surface area contributed by atoms with E-state index >= 15 is 0 Å². The molecule has 1 N–H and O–H groups in total. The van der Waals surface area contributed by atoms with Crippen molar-refractivity contribution in [2.24, 2.45) is 0 Å². The smallest absolute Gasteiger partial charge is 0.270 e. The van der Waals surface area contributed by atoms with Gasteiger partial charge < -0.3 is 4.74 Å². The second kappa shape index (κ2) is 5.85. The Labute approximate surface area is 137 Å². The maximum atomic E-state index is 12.4. The highest BCUT2D eigenvalue weighted by Gasteiger charge is 2.31. The van der Waals surface area contributed by atoms with Crippen LogP contribution in [0.3, 0.4) is 0 Å². The first kappa shape index (κ1) is 15.2. The molecule has 0 saturated heterocycles. The van der Waals surface area contributed by atoms with Crippen LogP contribution in [0.1, 0.15) is 13.8 Å². The summed E-state index contributed by atoms with van der Waals surface area (Å²) in [6.45, 7) is 3.30. The van der Waals surface area contributed by atoms with Gasteiger partial charge in [0, 0.05) is 17.4 Å².